The molecule has 24 rings (SSSR count). The van der Waals surface area contributed by atoms with Crippen molar-refractivity contribution in [2.75, 3.05) is 0 Å². The van der Waals surface area contributed by atoms with Gasteiger partial charge in [0.1, 0.15) is 0 Å². The summed E-state index contributed by atoms with van der Waals surface area (Å²) in [7, 11) is -1.50. The Hall–Kier alpha value is -15.3. The molecule has 128 heavy (non-hydrogen) atoms. The summed E-state index contributed by atoms with van der Waals surface area (Å²) in [5.74, 6) is 3.84. The Morgan fingerprint density at radius 2 is 0.508 bits per heavy atom. The Morgan fingerprint density at radius 1 is 0.211 bits per heavy atom. The minimum atomic E-state index is -1.50. The zero-order valence-corrected chi connectivity index (χ0v) is 71.5. The molecular formula is C116H76BClN6O2S2. The fraction of sp³-hybridized carbons (Fsp3) is 0.0172. The van der Waals surface area contributed by atoms with E-state index in [4.69, 9.17) is 41.5 Å². The SMILES string of the molecule is Clc1ccc(-c2nc(-c3ccccc3-c3ccccc3)nc(-c3cccc4c3sc3ccccc34)n2)cc1.OB(O)c1ccc2c(c1)C(c1ccccc1)(c1ccccc1)c1ccccc1-2.c1ccc(-c2ccccc2-c2nc(-c3ccc(-c4ccc5c(c4)C(c4ccccc4)(c4ccccc4)c4ccccc4-5)cc3)nc(-c3cccc4c3sc3ccccc34)n2)cc1. The zero-order valence-electron chi connectivity index (χ0n) is 69.1. The Labute approximate surface area is 754 Å². The molecule has 22 aromatic rings. The van der Waals surface area contributed by atoms with E-state index in [1.807, 2.05) is 84.9 Å². The van der Waals surface area contributed by atoms with Gasteiger partial charge in [-0.25, -0.2) is 29.9 Å². The van der Waals surface area contributed by atoms with Crippen LogP contribution in [0.2, 0.25) is 5.02 Å². The van der Waals surface area contributed by atoms with Gasteiger partial charge in [0.15, 0.2) is 34.9 Å². The molecule has 604 valence electrons. The minimum absolute atomic E-state index is 0.463. The molecule has 0 spiro atoms. The highest BCUT2D eigenvalue weighted by Crippen LogP contribution is 2.59. The first kappa shape index (κ1) is 78.7. The molecule has 8 nitrogen and oxygen atoms in total. The summed E-state index contributed by atoms with van der Waals surface area (Å²) in [6, 6.07) is 157. The lowest BCUT2D eigenvalue weighted by Gasteiger charge is -2.34. The minimum Gasteiger partial charge on any atom is -0.423 e. The molecule has 0 aliphatic heterocycles. The molecule has 4 aromatic heterocycles. The van der Waals surface area contributed by atoms with Crippen LogP contribution in [0.5, 0.6) is 0 Å². The summed E-state index contributed by atoms with van der Waals surface area (Å²) in [6.07, 6.45) is 0. The maximum Gasteiger partial charge on any atom is 0.488 e. The number of hydrogen-bond acceptors (Lipinski definition) is 10. The van der Waals surface area contributed by atoms with Gasteiger partial charge >= 0.3 is 7.12 Å². The van der Waals surface area contributed by atoms with Crippen molar-refractivity contribution in [3.8, 4) is 124 Å². The average molecular weight is 1700 g/mol. The molecule has 0 saturated carbocycles. The Morgan fingerprint density at radius 3 is 0.930 bits per heavy atom. The monoisotopic (exact) mass is 1690 g/mol. The van der Waals surface area contributed by atoms with E-state index in [0.717, 1.165) is 89.0 Å². The van der Waals surface area contributed by atoms with Crippen molar-refractivity contribution in [1.82, 2.24) is 29.9 Å². The highest BCUT2D eigenvalue weighted by molar-refractivity contribution is 7.26. The lowest BCUT2D eigenvalue weighted by Crippen LogP contribution is -2.33. The molecule has 12 heteroatoms. The number of rotatable bonds is 14. The standard InChI is InChI=1S/C58H37N3S.C33H20ClN3S.C25H19BO2/c1-4-17-39(18-5-1)44-23-10-11-26-49(44)56-59-55(60-57(61-56)50-28-16-27-48-47-25-13-15-30-53(47)62-54(48)50)40-33-31-38(32-34-40)41-35-36-46-45-24-12-14-29-51(45)58(52(46)37-41,42-19-6-2-7-20-42)43-21-8-3-9-22-43;34-23-19-17-22(18-20-23)31-35-32(27-13-5-4-11-24(27)21-9-2-1-3-10-21)37-33(36-31)28-15-8-14-26-25-12-6-7-16-29(25)38-30(26)28;27-26(28)20-15-16-22-21-13-7-8-14-23(21)25(24(22)17-20,18-9-3-1-4-10-18)19-11-5-2-6-12-19/h1-37H;1-20H;1-17,27-28H. The smallest absolute Gasteiger partial charge is 0.423 e. The average Bonchev–Trinajstić information content (AvgIpc) is 1.54. The van der Waals surface area contributed by atoms with Crippen LogP contribution in [0, 0.1) is 0 Å². The molecule has 0 saturated heterocycles. The molecule has 0 amide bonds. The molecule has 4 heterocycles. The normalized spacial score (nSPS) is 12.5. The number of halogens is 1. The van der Waals surface area contributed by atoms with Crippen LogP contribution in [0.4, 0.5) is 0 Å². The van der Waals surface area contributed by atoms with Crippen LogP contribution < -0.4 is 5.46 Å². The van der Waals surface area contributed by atoms with Crippen LogP contribution >= 0.6 is 34.3 Å². The second-order valence-corrected chi connectivity index (χ2v) is 34.6. The fourth-order valence-corrected chi connectivity index (χ4v) is 21.6. The Balaban J connectivity index is 0.000000124. The number of fused-ring (bicyclic) bond motifs is 12. The van der Waals surface area contributed by atoms with Gasteiger partial charge in [0.25, 0.3) is 0 Å². The largest absolute Gasteiger partial charge is 0.488 e. The summed E-state index contributed by atoms with van der Waals surface area (Å²) in [4.78, 5) is 30.8. The van der Waals surface area contributed by atoms with Crippen LogP contribution in [-0.2, 0) is 10.8 Å². The summed E-state index contributed by atoms with van der Waals surface area (Å²) in [5, 5.41) is 25.3. The molecular weight excluding hydrogens is 1620 g/mol. The third-order valence-electron chi connectivity index (χ3n) is 24.9. The quantitative estimate of drug-likeness (QED) is 0.103. The van der Waals surface area contributed by atoms with Crippen molar-refractivity contribution in [2.45, 2.75) is 10.8 Å². The van der Waals surface area contributed by atoms with Gasteiger partial charge in [-0.2, -0.15) is 0 Å². The molecule has 0 bridgehead atoms. The number of hydrogen-bond donors (Lipinski definition) is 2. The number of thiophene rings is 2. The maximum atomic E-state index is 9.84. The maximum absolute atomic E-state index is 9.84. The van der Waals surface area contributed by atoms with Gasteiger partial charge in [0.2, 0.25) is 0 Å². The second kappa shape index (κ2) is 33.6. The highest BCUT2D eigenvalue weighted by Gasteiger charge is 2.48. The van der Waals surface area contributed by atoms with Crippen molar-refractivity contribution in [3.05, 3.63) is 498 Å². The van der Waals surface area contributed by atoms with Crippen LogP contribution in [0.1, 0.15) is 44.5 Å². The molecule has 2 N–H and O–H groups in total. The van der Waals surface area contributed by atoms with Crippen molar-refractivity contribution in [2.24, 2.45) is 0 Å². The van der Waals surface area contributed by atoms with Crippen molar-refractivity contribution < 1.29 is 10.0 Å². The first-order chi connectivity index (χ1) is 63.2. The van der Waals surface area contributed by atoms with Crippen LogP contribution in [0.3, 0.4) is 0 Å². The van der Waals surface area contributed by atoms with E-state index >= 15 is 0 Å². The van der Waals surface area contributed by atoms with Crippen molar-refractivity contribution in [3.63, 3.8) is 0 Å². The highest BCUT2D eigenvalue weighted by atomic mass is 35.5. The first-order valence-corrected chi connectivity index (χ1v) is 44.8. The predicted molar refractivity (Wildman–Crippen MR) is 530 cm³/mol. The van der Waals surface area contributed by atoms with Gasteiger partial charge in [-0.05, 0) is 160 Å². The molecule has 18 aromatic carbocycles. The van der Waals surface area contributed by atoms with E-state index in [0.29, 0.717) is 45.4 Å². The van der Waals surface area contributed by atoms with E-state index in [9.17, 15) is 10.0 Å². The zero-order chi connectivity index (χ0) is 85.7. The molecule has 0 radical (unpaired) electrons. The van der Waals surface area contributed by atoms with Gasteiger partial charge in [0, 0.05) is 78.7 Å². The van der Waals surface area contributed by atoms with Gasteiger partial charge in [-0.1, -0.05) is 406 Å². The molecule has 0 unspecified atom stereocenters. The van der Waals surface area contributed by atoms with E-state index in [1.54, 1.807) is 28.7 Å². The lowest BCUT2D eigenvalue weighted by atomic mass is 9.66. The third kappa shape index (κ3) is 14.0. The molecule has 2 aliphatic carbocycles. The summed E-state index contributed by atoms with van der Waals surface area (Å²) >= 11 is 9.75. The van der Waals surface area contributed by atoms with E-state index < -0.39 is 17.9 Å². The van der Waals surface area contributed by atoms with Crippen LogP contribution in [0.25, 0.3) is 164 Å². The van der Waals surface area contributed by atoms with E-state index in [1.165, 1.54) is 84.9 Å². The van der Waals surface area contributed by atoms with Gasteiger partial charge in [0.05, 0.1) is 10.8 Å². The Kier molecular flexibility index (Phi) is 20.7. The van der Waals surface area contributed by atoms with E-state index in [2.05, 4.69) is 358 Å². The number of aromatic nitrogens is 6. The predicted octanol–water partition coefficient (Wildman–Crippen LogP) is 28.2. The second-order valence-electron chi connectivity index (χ2n) is 32.1. The molecule has 0 atom stereocenters. The summed E-state index contributed by atoms with van der Waals surface area (Å²) in [5.41, 5.74) is 26.5. The number of benzene rings is 18. The lowest BCUT2D eigenvalue weighted by molar-refractivity contribution is 0.425. The fourth-order valence-electron chi connectivity index (χ4n) is 19.1. The van der Waals surface area contributed by atoms with Crippen LogP contribution in [0.15, 0.2) is 449 Å². The third-order valence-corrected chi connectivity index (χ3v) is 27.6. The Bertz CT molecular complexity index is 7840. The summed E-state index contributed by atoms with van der Waals surface area (Å²) < 4.78 is 4.83. The number of nitrogens with zero attached hydrogens (tertiary/aromatic N) is 6. The molecule has 0 fully saturated rings. The van der Waals surface area contributed by atoms with Crippen molar-refractivity contribution >= 4 is 87.2 Å². The van der Waals surface area contributed by atoms with Crippen molar-refractivity contribution in [1.29, 1.82) is 0 Å². The summed E-state index contributed by atoms with van der Waals surface area (Å²) in [6.45, 7) is 0. The van der Waals surface area contributed by atoms with Gasteiger partial charge < -0.3 is 10.0 Å². The first-order valence-electron chi connectivity index (χ1n) is 42.8. The molecule has 2 aliphatic rings. The van der Waals surface area contributed by atoms with Gasteiger partial charge in [-0.3, -0.25) is 0 Å². The van der Waals surface area contributed by atoms with E-state index in [-0.39, 0.29) is 0 Å². The topological polar surface area (TPSA) is 118 Å². The van der Waals surface area contributed by atoms with Crippen LogP contribution in [-0.4, -0.2) is 47.1 Å². The van der Waals surface area contributed by atoms with Gasteiger partial charge in [-0.15, -0.1) is 22.7 Å².